The third-order valence-electron chi connectivity index (χ3n) is 5.42. The minimum atomic E-state index is -3.56. The van der Waals surface area contributed by atoms with Crippen molar-refractivity contribution in [3.63, 3.8) is 0 Å². The predicted octanol–water partition coefficient (Wildman–Crippen LogP) is 3.12. The van der Waals surface area contributed by atoms with Crippen molar-refractivity contribution in [2.45, 2.75) is 38.6 Å². The first-order chi connectivity index (χ1) is 13.7. The lowest BCUT2D eigenvalue weighted by molar-refractivity contribution is 0.0730. The molecule has 0 saturated carbocycles. The molecule has 0 unspecified atom stereocenters. The molecule has 1 N–H and O–H groups in total. The molecule has 1 saturated heterocycles. The summed E-state index contributed by atoms with van der Waals surface area (Å²) in [6.07, 6.45) is 0. The molecule has 6 nitrogen and oxygen atoms in total. The maximum absolute atomic E-state index is 12.7. The SMILES string of the molecule is Cc1cc(C)c([C@@H](C)NC(=O)c2ccc(S(=O)(=O)N3CCOCC3)cc2)cc1C. The van der Waals surface area contributed by atoms with Crippen LogP contribution in [0.15, 0.2) is 41.3 Å². The molecule has 3 rings (SSSR count). The molecule has 1 atom stereocenters. The number of amides is 1. The van der Waals surface area contributed by atoms with Crippen molar-refractivity contribution in [2.24, 2.45) is 0 Å². The third kappa shape index (κ3) is 4.69. The number of sulfonamides is 1. The van der Waals surface area contributed by atoms with Crippen LogP contribution >= 0.6 is 0 Å². The van der Waals surface area contributed by atoms with Gasteiger partial charge in [-0.3, -0.25) is 4.79 Å². The van der Waals surface area contributed by atoms with E-state index in [4.69, 9.17) is 4.74 Å². The second-order valence-corrected chi connectivity index (χ2v) is 9.47. The second kappa shape index (κ2) is 8.65. The van der Waals surface area contributed by atoms with Crippen molar-refractivity contribution in [3.05, 3.63) is 64.2 Å². The van der Waals surface area contributed by atoms with Crippen LogP contribution in [0.25, 0.3) is 0 Å². The highest BCUT2D eigenvalue weighted by Crippen LogP contribution is 2.22. The summed E-state index contributed by atoms with van der Waals surface area (Å²) in [6, 6.07) is 10.2. The van der Waals surface area contributed by atoms with Crippen LogP contribution < -0.4 is 5.32 Å². The van der Waals surface area contributed by atoms with Gasteiger partial charge in [0.25, 0.3) is 5.91 Å². The van der Waals surface area contributed by atoms with E-state index >= 15 is 0 Å². The Kier molecular flexibility index (Phi) is 6.41. The van der Waals surface area contributed by atoms with Crippen LogP contribution in [0.1, 0.15) is 45.6 Å². The predicted molar refractivity (Wildman–Crippen MR) is 113 cm³/mol. The van der Waals surface area contributed by atoms with E-state index in [0.29, 0.717) is 31.9 Å². The van der Waals surface area contributed by atoms with Gasteiger partial charge in [0.05, 0.1) is 24.2 Å². The minimum absolute atomic E-state index is 0.154. The number of nitrogens with zero attached hydrogens (tertiary/aromatic N) is 1. The zero-order chi connectivity index (χ0) is 21.2. The summed E-state index contributed by atoms with van der Waals surface area (Å²) >= 11 is 0. The number of morpholine rings is 1. The van der Waals surface area contributed by atoms with E-state index in [1.165, 1.54) is 27.6 Å². The fourth-order valence-corrected chi connectivity index (χ4v) is 4.93. The number of aryl methyl sites for hydroxylation is 3. The van der Waals surface area contributed by atoms with Gasteiger partial charge in [-0.15, -0.1) is 0 Å². The highest BCUT2D eigenvalue weighted by Gasteiger charge is 2.26. The van der Waals surface area contributed by atoms with E-state index in [-0.39, 0.29) is 16.8 Å². The van der Waals surface area contributed by atoms with E-state index in [0.717, 1.165) is 11.1 Å². The monoisotopic (exact) mass is 416 g/mol. The van der Waals surface area contributed by atoms with Gasteiger partial charge < -0.3 is 10.1 Å². The number of nitrogens with one attached hydrogen (secondary N) is 1. The second-order valence-electron chi connectivity index (χ2n) is 7.53. The quantitative estimate of drug-likeness (QED) is 0.813. The Balaban J connectivity index is 1.73. The van der Waals surface area contributed by atoms with Gasteiger partial charge >= 0.3 is 0 Å². The summed E-state index contributed by atoms with van der Waals surface area (Å²) in [5.74, 6) is -0.231. The van der Waals surface area contributed by atoms with Crippen molar-refractivity contribution >= 4 is 15.9 Å². The number of hydrogen-bond acceptors (Lipinski definition) is 4. The van der Waals surface area contributed by atoms with Crippen LogP contribution in [0.3, 0.4) is 0 Å². The summed E-state index contributed by atoms with van der Waals surface area (Å²) in [5, 5.41) is 3.01. The maximum atomic E-state index is 12.7. The van der Waals surface area contributed by atoms with Crippen molar-refractivity contribution in [3.8, 4) is 0 Å². The number of carbonyl (C=O) groups excluding carboxylic acids is 1. The van der Waals surface area contributed by atoms with Gasteiger partial charge in [0.2, 0.25) is 10.0 Å². The van der Waals surface area contributed by atoms with Gasteiger partial charge in [-0.05, 0) is 74.2 Å². The molecule has 156 valence electrons. The number of ether oxygens (including phenoxy) is 1. The lowest BCUT2D eigenvalue weighted by Crippen LogP contribution is -2.40. The minimum Gasteiger partial charge on any atom is -0.379 e. The summed E-state index contributed by atoms with van der Waals surface area (Å²) in [4.78, 5) is 12.9. The molecule has 0 bridgehead atoms. The topological polar surface area (TPSA) is 75.7 Å². The van der Waals surface area contributed by atoms with Gasteiger partial charge in [0.15, 0.2) is 0 Å². The van der Waals surface area contributed by atoms with Gasteiger partial charge in [-0.25, -0.2) is 8.42 Å². The summed E-state index contributed by atoms with van der Waals surface area (Å²) in [7, 11) is -3.56. The highest BCUT2D eigenvalue weighted by molar-refractivity contribution is 7.89. The first-order valence-electron chi connectivity index (χ1n) is 9.76. The Morgan fingerprint density at radius 3 is 2.21 bits per heavy atom. The van der Waals surface area contributed by atoms with Crippen molar-refractivity contribution < 1.29 is 17.9 Å². The van der Waals surface area contributed by atoms with Crippen LogP contribution in [-0.4, -0.2) is 44.9 Å². The smallest absolute Gasteiger partial charge is 0.251 e. The molecule has 29 heavy (non-hydrogen) atoms. The van der Waals surface area contributed by atoms with Crippen LogP contribution in [0, 0.1) is 20.8 Å². The molecule has 0 radical (unpaired) electrons. The molecule has 0 spiro atoms. The standard InChI is InChI=1S/C22H28N2O4S/c1-15-13-17(3)21(14-16(15)2)18(4)23-22(25)19-5-7-20(8-6-19)29(26,27)24-9-11-28-12-10-24/h5-8,13-14,18H,9-12H2,1-4H3,(H,23,25)/t18-/m1/s1. The van der Waals surface area contributed by atoms with Gasteiger partial charge in [0, 0.05) is 18.7 Å². The Bertz CT molecular complexity index is 994. The van der Waals surface area contributed by atoms with E-state index in [1.807, 2.05) is 13.8 Å². The fourth-order valence-electron chi connectivity index (χ4n) is 3.52. The molecule has 1 aliphatic heterocycles. The number of hydrogen-bond donors (Lipinski definition) is 1. The van der Waals surface area contributed by atoms with Gasteiger partial charge in [-0.2, -0.15) is 4.31 Å². The molecule has 0 aromatic heterocycles. The lowest BCUT2D eigenvalue weighted by atomic mass is 9.96. The molecular formula is C22H28N2O4S. The van der Waals surface area contributed by atoms with Crippen molar-refractivity contribution in [1.82, 2.24) is 9.62 Å². The summed E-state index contributed by atoms with van der Waals surface area (Å²) in [5.41, 5.74) is 5.05. The summed E-state index contributed by atoms with van der Waals surface area (Å²) in [6.45, 7) is 9.60. The maximum Gasteiger partial charge on any atom is 0.251 e. The van der Waals surface area contributed by atoms with Gasteiger partial charge in [0.1, 0.15) is 0 Å². The van der Waals surface area contributed by atoms with Crippen molar-refractivity contribution in [1.29, 1.82) is 0 Å². The number of carbonyl (C=O) groups is 1. The highest BCUT2D eigenvalue weighted by atomic mass is 32.2. The molecule has 1 amide bonds. The average Bonchev–Trinajstić information content (AvgIpc) is 2.71. The largest absolute Gasteiger partial charge is 0.379 e. The van der Waals surface area contributed by atoms with Gasteiger partial charge in [-0.1, -0.05) is 12.1 Å². The van der Waals surface area contributed by atoms with Crippen LogP contribution in [-0.2, 0) is 14.8 Å². The number of benzene rings is 2. The fraction of sp³-hybridized carbons (Fsp3) is 0.409. The average molecular weight is 417 g/mol. The molecule has 1 heterocycles. The molecule has 0 aliphatic carbocycles. The van der Waals surface area contributed by atoms with Crippen LogP contribution in [0.2, 0.25) is 0 Å². The van der Waals surface area contributed by atoms with Crippen LogP contribution in [0.4, 0.5) is 0 Å². The first-order valence-corrected chi connectivity index (χ1v) is 11.2. The molecule has 7 heteroatoms. The molecule has 1 aliphatic rings. The molecule has 2 aromatic carbocycles. The zero-order valence-corrected chi connectivity index (χ0v) is 18.2. The zero-order valence-electron chi connectivity index (χ0n) is 17.4. The van der Waals surface area contributed by atoms with E-state index in [1.54, 1.807) is 12.1 Å². The molecule has 1 fully saturated rings. The van der Waals surface area contributed by atoms with E-state index in [9.17, 15) is 13.2 Å². The Hall–Kier alpha value is -2.22. The van der Waals surface area contributed by atoms with E-state index in [2.05, 4.69) is 31.3 Å². The third-order valence-corrected chi connectivity index (χ3v) is 7.33. The van der Waals surface area contributed by atoms with Crippen LogP contribution in [0.5, 0.6) is 0 Å². The van der Waals surface area contributed by atoms with Crippen molar-refractivity contribution in [2.75, 3.05) is 26.3 Å². The Morgan fingerprint density at radius 2 is 1.59 bits per heavy atom. The summed E-state index contributed by atoms with van der Waals surface area (Å²) < 4.78 is 32.0. The Morgan fingerprint density at radius 1 is 1.00 bits per heavy atom. The number of rotatable bonds is 5. The Labute approximate surface area is 172 Å². The normalized spacial score (nSPS) is 16.4. The lowest BCUT2D eigenvalue weighted by Gasteiger charge is -2.26. The van der Waals surface area contributed by atoms with E-state index < -0.39 is 10.0 Å². The first kappa shape index (κ1) is 21.5. The molecular weight excluding hydrogens is 388 g/mol. The molecule has 2 aromatic rings.